The Hall–Kier alpha value is -0.940. The van der Waals surface area contributed by atoms with Gasteiger partial charge in [-0.25, -0.2) is 12.7 Å². The molecule has 1 heterocycles. The molecule has 0 saturated carbocycles. The van der Waals surface area contributed by atoms with Crippen molar-refractivity contribution in [1.82, 2.24) is 9.62 Å². The second-order valence-electron chi connectivity index (χ2n) is 4.20. The summed E-state index contributed by atoms with van der Waals surface area (Å²) in [5, 5.41) is 13.8. The normalized spacial score (nSPS) is 11.7. The number of hydrogen-bond acceptors (Lipinski definition) is 5. The summed E-state index contributed by atoms with van der Waals surface area (Å²) in [7, 11) is -3.08. The van der Waals surface area contributed by atoms with Crippen LogP contribution in [0.4, 0.5) is 0 Å². The van der Waals surface area contributed by atoms with Gasteiger partial charge in [0.1, 0.15) is 6.07 Å². The van der Waals surface area contributed by atoms with Crippen molar-refractivity contribution in [2.24, 2.45) is 0 Å². The number of sulfonamides is 1. The lowest BCUT2D eigenvalue weighted by molar-refractivity contribution is 0.419. The number of nitrogens with zero attached hydrogens (tertiary/aromatic N) is 2. The van der Waals surface area contributed by atoms with E-state index in [9.17, 15) is 8.42 Å². The zero-order valence-electron chi connectivity index (χ0n) is 11.2. The van der Waals surface area contributed by atoms with Crippen LogP contribution in [0.1, 0.15) is 23.8 Å². The van der Waals surface area contributed by atoms with Gasteiger partial charge >= 0.3 is 0 Å². The third-order valence-electron chi connectivity index (χ3n) is 2.66. The van der Waals surface area contributed by atoms with E-state index in [1.54, 1.807) is 11.3 Å². The van der Waals surface area contributed by atoms with Crippen molar-refractivity contribution in [3.05, 3.63) is 21.9 Å². The first-order chi connectivity index (χ1) is 8.97. The number of hydrogen-bond donors (Lipinski definition) is 1. The molecule has 0 unspecified atom stereocenters. The minimum atomic E-state index is -3.08. The van der Waals surface area contributed by atoms with Gasteiger partial charge in [-0.1, -0.05) is 6.92 Å². The van der Waals surface area contributed by atoms with Gasteiger partial charge in [-0.05, 0) is 19.0 Å². The molecule has 0 aliphatic carbocycles. The van der Waals surface area contributed by atoms with E-state index in [0.29, 0.717) is 18.7 Å². The molecule has 19 heavy (non-hydrogen) atoms. The predicted molar refractivity (Wildman–Crippen MR) is 77.4 cm³/mol. The number of rotatable bonds is 8. The molecule has 5 nitrogen and oxygen atoms in total. The SMILES string of the molecule is CCN(CCCNCc1cc(C#N)cs1)S(C)(=O)=O. The summed E-state index contributed by atoms with van der Waals surface area (Å²) < 4.78 is 24.2. The average molecular weight is 301 g/mol. The van der Waals surface area contributed by atoms with E-state index in [4.69, 9.17) is 5.26 Å². The van der Waals surface area contributed by atoms with Crippen LogP contribution in [0.25, 0.3) is 0 Å². The Morgan fingerprint density at radius 3 is 2.79 bits per heavy atom. The Morgan fingerprint density at radius 2 is 2.26 bits per heavy atom. The molecule has 0 spiro atoms. The summed E-state index contributed by atoms with van der Waals surface area (Å²) in [4.78, 5) is 1.12. The third-order valence-corrected chi connectivity index (χ3v) is 4.98. The highest BCUT2D eigenvalue weighted by molar-refractivity contribution is 7.88. The maximum atomic E-state index is 11.4. The molecule has 0 aliphatic rings. The second-order valence-corrected chi connectivity index (χ2v) is 7.18. The van der Waals surface area contributed by atoms with Gasteiger partial charge in [0.15, 0.2) is 0 Å². The summed E-state index contributed by atoms with van der Waals surface area (Å²) in [5.74, 6) is 0. The van der Waals surface area contributed by atoms with Gasteiger partial charge in [0, 0.05) is 29.9 Å². The van der Waals surface area contributed by atoms with E-state index in [-0.39, 0.29) is 0 Å². The van der Waals surface area contributed by atoms with Crippen molar-refractivity contribution >= 4 is 21.4 Å². The van der Waals surface area contributed by atoms with Crippen LogP contribution in [-0.4, -0.2) is 38.6 Å². The monoisotopic (exact) mass is 301 g/mol. The van der Waals surface area contributed by atoms with Gasteiger partial charge in [-0.3, -0.25) is 0 Å². The van der Waals surface area contributed by atoms with Crippen LogP contribution in [0.5, 0.6) is 0 Å². The highest BCUT2D eigenvalue weighted by Crippen LogP contribution is 2.13. The lowest BCUT2D eigenvalue weighted by Gasteiger charge is -2.17. The molecular weight excluding hydrogens is 282 g/mol. The Morgan fingerprint density at radius 1 is 1.53 bits per heavy atom. The third kappa shape index (κ3) is 5.70. The number of thiophene rings is 1. The molecule has 1 rings (SSSR count). The summed E-state index contributed by atoms with van der Waals surface area (Å²) in [6, 6.07) is 3.96. The number of nitrogens with one attached hydrogen (secondary N) is 1. The van der Waals surface area contributed by atoms with E-state index in [0.717, 1.165) is 24.4 Å². The zero-order valence-corrected chi connectivity index (χ0v) is 12.9. The first kappa shape index (κ1) is 16.1. The summed E-state index contributed by atoms with van der Waals surface area (Å²) in [6.07, 6.45) is 2.01. The van der Waals surface area contributed by atoms with Crippen molar-refractivity contribution in [3.8, 4) is 6.07 Å². The van der Waals surface area contributed by atoms with Crippen molar-refractivity contribution in [1.29, 1.82) is 5.26 Å². The van der Waals surface area contributed by atoms with Crippen molar-refractivity contribution in [2.45, 2.75) is 19.9 Å². The van der Waals surface area contributed by atoms with Gasteiger partial charge in [-0.15, -0.1) is 11.3 Å². The molecular formula is C12H19N3O2S2. The summed E-state index contributed by atoms with van der Waals surface area (Å²) >= 11 is 1.56. The highest BCUT2D eigenvalue weighted by Gasteiger charge is 2.12. The fourth-order valence-corrected chi connectivity index (χ4v) is 3.39. The van der Waals surface area contributed by atoms with Gasteiger partial charge in [-0.2, -0.15) is 5.26 Å². The van der Waals surface area contributed by atoms with E-state index >= 15 is 0 Å². The highest BCUT2D eigenvalue weighted by atomic mass is 32.2. The van der Waals surface area contributed by atoms with Crippen LogP contribution in [0.2, 0.25) is 0 Å². The minimum absolute atomic E-state index is 0.509. The van der Waals surface area contributed by atoms with E-state index in [1.807, 2.05) is 18.4 Å². The average Bonchev–Trinajstić information content (AvgIpc) is 2.80. The van der Waals surface area contributed by atoms with Gasteiger partial charge < -0.3 is 5.32 Å². The topological polar surface area (TPSA) is 73.2 Å². The molecule has 0 radical (unpaired) electrons. The summed E-state index contributed by atoms with van der Waals surface area (Å²) in [5.41, 5.74) is 0.691. The lowest BCUT2D eigenvalue weighted by Crippen LogP contribution is -2.32. The van der Waals surface area contributed by atoms with Crippen LogP contribution in [0.3, 0.4) is 0 Å². The Labute approximate surface area is 118 Å². The van der Waals surface area contributed by atoms with Crippen LogP contribution < -0.4 is 5.32 Å². The van der Waals surface area contributed by atoms with Crippen LogP contribution in [0, 0.1) is 11.3 Å². The molecule has 0 saturated heterocycles. The van der Waals surface area contributed by atoms with E-state index in [2.05, 4.69) is 11.4 Å². The van der Waals surface area contributed by atoms with E-state index in [1.165, 1.54) is 10.6 Å². The molecule has 0 fully saturated rings. The maximum Gasteiger partial charge on any atom is 0.211 e. The van der Waals surface area contributed by atoms with E-state index < -0.39 is 10.0 Å². The Balaban J connectivity index is 2.23. The Kier molecular flexibility index (Phi) is 6.45. The molecule has 106 valence electrons. The molecule has 1 aromatic rings. The second kappa shape index (κ2) is 7.60. The molecule has 0 atom stereocenters. The smallest absolute Gasteiger partial charge is 0.211 e. The molecule has 0 aliphatic heterocycles. The summed E-state index contributed by atoms with van der Waals surface area (Å²) in [6.45, 7) is 4.36. The standard InChI is InChI=1S/C12H19N3O2S2/c1-3-15(19(2,16)17)6-4-5-14-9-12-7-11(8-13)10-18-12/h7,10,14H,3-6,9H2,1-2H3. The quantitative estimate of drug-likeness (QED) is 0.736. The molecule has 1 aromatic heterocycles. The molecule has 0 amide bonds. The van der Waals surface area contributed by atoms with Crippen LogP contribution >= 0.6 is 11.3 Å². The van der Waals surface area contributed by atoms with Crippen LogP contribution in [0.15, 0.2) is 11.4 Å². The molecule has 1 N–H and O–H groups in total. The minimum Gasteiger partial charge on any atom is -0.312 e. The maximum absolute atomic E-state index is 11.4. The van der Waals surface area contributed by atoms with Crippen molar-refractivity contribution in [2.75, 3.05) is 25.9 Å². The van der Waals surface area contributed by atoms with Crippen molar-refractivity contribution < 1.29 is 8.42 Å². The van der Waals surface area contributed by atoms with Gasteiger partial charge in [0.2, 0.25) is 10.0 Å². The van der Waals surface area contributed by atoms with Gasteiger partial charge in [0.05, 0.1) is 11.8 Å². The van der Waals surface area contributed by atoms with Gasteiger partial charge in [0.25, 0.3) is 0 Å². The fourth-order valence-electron chi connectivity index (χ4n) is 1.68. The first-order valence-electron chi connectivity index (χ1n) is 6.10. The largest absolute Gasteiger partial charge is 0.312 e. The molecule has 0 aromatic carbocycles. The predicted octanol–water partition coefficient (Wildman–Crippen LogP) is 1.38. The van der Waals surface area contributed by atoms with Crippen molar-refractivity contribution in [3.63, 3.8) is 0 Å². The fraction of sp³-hybridized carbons (Fsp3) is 0.583. The molecule has 0 bridgehead atoms. The van der Waals surface area contributed by atoms with Crippen LogP contribution in [-0.2, 0) is 16.6 Å². The molecule has 7 heteroatoms. The first-order valence-corrected chi connectivity index (χ1v) is 8.83. The zero-order chi connectivity index (χ0) is 14.3. The lowest BCUT2D eigenvalue weighted by atomic mass is 10.3. The number of nitriles is 1. The Bertz CT molecular complexity index is 531.